The summed E-state index contributed by atoms with van der Waals surface area (Å²) in [5.41, 5.74) is 3.94. The molecule has 0 saturated heterocycles. The van der Waals surface area contributed by atoms with Crippen LogP contribution in [0.2, 0.25) is 0 Å². The molecule has 1 N–H and O–H groups in total. The number of hydrogen-bond acceptors (Lipinski definition) is 6. The van der Waals surface area contributed by atoms with Crippen LogP contribution < -0.4 is 15.1 Å². The molecule has 1 aliphatic heterocycles. The lowest BCUT2D eigenvalue weighted by molar-refractivity contribution is 0.787. The maximum Gasteiger partial charge on any atom is 0.224 e. The van der Waals surface area contributed by atoms with Crippen molar-refractivity contribution in [3.8, 4) is 0 Å². The van der Waals surface area contributed by atoms with Crippen LogP contribution in [0.4, 0.5) is 17.6 Å². The Morgan fingerprint density at radius 3 is 2.43 bits per heavy atom. The summed E-state index contributed by atoms with van der Waals surface area (Å²) in [5.74, 6) is 2.90. The van der Waals surface area contributed by atoms with E-state index < -0.39 is 0 Å². The molecule has 0 amide bonds. The van der Waals surface area contributed by atoms with E-state index >= 15 is 0 Å². The summed E-state index contributed by atoms with van der Waals surface area (Å²) >= 11 is 0. The number of nitrogens with zero attached hydrogens (tertiary/aromatic N) is 5. The summed E-state index contributed by atoms with van der Waals surface area (Å²) in [6.45, 7) is 4.73. The Kier molecular flexibility index (Phi) is 5.10. The lowest BCUT2D eigenvalue weighted by Gasteiger charge is -2.18. The Bertz CT molecular complexity index is 913. The maximum absolute atomic E-state index is 4.72. The number of hydrogen-bond donors (Lipinski definition) is 1. The zero-order valence-electron chi connectivity index (χ0n) is 16.6. The first-order valence-electron chi connectivity index (χ1n) is 9.62. The van der Waals surface area contributed by atoms with Crippen molar-refractivity contribution in [1.82, 2.24) is 15.0 Å². The van der Waals surface area contributed by atoms with E-state index in [-0.39, 0.29) is 0 Å². The largest absolute Gasteiger partial charge is 0.363 e. The molecule has 3 aromatic rings. The summed E-state index contributed by atoms with van der Waals surface area (Å²) in [4.78, 5) is 17.9. The first kappa shape index (κ1) is 18.2. The van der Waals surface area contributed by atoms with Crippen LogP contribution in [0.5, 0.6) is 0 Å². The van der Waals surface area contributed by atoms with Crippen molar-refractivity contribution in [3.63, 3.8) is 0 Å². The van der Waals surface area contributed by atoms with Crippen LogP contribution in [0, 0.1) is 0 Å². The smallest absolute Gasteiger partial charge is 0.224 e. The molecule has 0 saturated carbocycles. The van der Waals surface area contributed by atoms with E-state index in [1.54, 1.807) is 0 Å². The molecule has 6 nitrogen and oxygen atoms in total. The van der Waals surface area contributed by atoms with Gasteiger partial charge >= 0.3 is 0 Å². The zero-order chi connectivity index (χ0) is 19.5. The third-order valence-corrected chi connectivity index (χ3v) is 5.17. The van der Waals surface area contributed by atoms with Crippen molar-refractivity contribution < 1.29 is 0 Å². The summed E-state index contributed by atoms with van der Waals surface area (Å²) in [6.07, 6.45) is 3.77. The molecule has 2 aromatic heterocycles. The van der Waals surface area contributed by atoms with Gasteiger partial charge in [-0.15, -0.1) is 0 Å². The standard InChI is InChI=1S/C22H26N6/c1-16(17-8-9-20(24-13-17)27(2)3)12-25-22-23-11-10-21(26-22)28-14-18-6-4-5-7-19(18)15-28/h4-11,13,16H,12,14-15H2,1-3H3,(H,23,25,26). The first-order valence-corrected chi connectivity index (χ1v) is 9.62. The fourth-order valence-corrected chi connectivity index (χ4v) is 3.42. The Morgan fingerprint density at radius 1 is 1.04 bits per heavy atom. The Hall–Kier alpha value is -3.15. The molecule has 1 aromatic carbocycles. The topological polar surface area (TPSA) is 57.2 Å². The van der Waals surface area contributed by atoms with E-state index in [4.69, 9.17) is 4.98 Å². The van der Waals surface area contributed by atoms with Gasteiger partial charge in [-0.05, 0) is 34.7 Å². The highest BCUT2D eigenvalue weighted by Gasteiger charge is 2.20. The second-order valence-corrected chi connectivity index (χ2v) is 7.49. The number of pyridine rings is 1. The van der Waals surface area contributed by atoms with Crippen LogP contribution in [0.15, 0.2) is 54.9 Å². The molecule has 0 fully saturated rings. The van der Waals surface area contributed by atoms with E-state index in [1.165, 1.54) is 16.7 Å². The highest BCUT2D eigenvalue weighted by Crippen LogP contribution is 2.27. The average Bonchev–Trinajstić information content (AvgIpc) is 3.17. The SMILES string of the molecule is CC(CNc1nccc(N2Cc3ccccc3C2)n1)c1ccc(N(C)C)nc1. The van der Waals surface area contributed by atoms with Crippen molar-refractivity contribution in [3.05, 3.63) is 71.5 Å². The fraction of sp³-hybridized carbons (Fsp3) is 0.318. The molecule has 144 valence electrons. The molecule has 1 atom stereocenters. The van der Waals surface area contributed by atoms with Gasteiger partial charge in [-0.25, -0.2) is 9.97 Å². The number of fused-ring (bicyclic) bond motifs is 1. The molecule has 4 rings (SSSR count). The summed E-state index contributed by atoms with van der Waals surface area (Å²) in [6, 6.07) is 14.7. The monoisotopic (exact) mass is 374 g/mol. The molecule has 28 heavy (non-hydrogen) atoms. The van der Waals surface area contributed by atoms with E-state index in [1.807, 2.05) is 43.5 Å². The molecular weight excluding hydrogens is 348 g/mol. The third kappa shape index (κ3) is 3.91. The van der Waals surface area contributed by atoms with Crippen molar-refractivity contribution in [2.24, 2.45) is 0 Å². The predicted molar refractivity (Wildman–Crippen MR) is 114 cm³/mol. The predicted octanol–water partition coefficient (Wildman–Crippen LogP) is 3.67. The van der Waals surface area contributed by atoms with E-state index in [0.29, 0.717) is 11.9 Å². The van der Waals surface area contributed by atoms with Gasteiger partial charge in [0.15, 0.2) is 0 Å². The second kappa shape index (κ2) is 7.84. The van der Waals surface area contributed by atoms with Crippen molar-refractivity contribution in [2.75, 3.05) is 35.8 Å². The van der Waals surface area contributed by atoms with E-state index in [2.05, 4.69) is 57.4 Å². The van der Waals surface area contributed by atoms with Gasteiger partial charge in [0.25, 0.3) is 0 Å². The summed E-state index contributed by atoms with van der Waals surface area (Å²) < 4.78 is 0. The van der Waals surface area contributed by atoms with Crippen LogP contribution in [-0.2, 0) is 13.1 Å². The highest BCUT2D eigenvalue weighted by atomic mass is 15.2. The van der Waals surface area contributed by atoms with Crippen LogP contribution in [0.25, 0.3) is 0 Å². The van der Waals surface area contributed by atoms with E-state index in [9.17, 15) is 0 Å². The molecule has 6 heteroatoms. The Labute approximate surface area is 166 Å². The molecule has 3 heterocycles. The minimum atomic E-state index is 0.312. The Morgan fingerprint density at radius 2 is 1.79 bits per heavy atom. The van der Waals surface area contributed by atoms with Crippen LogP contribution in [0.1, 0.15) is 29.5 Å². The van der Waals surface area contributed by atoms with Gasteiger partial charge in [-0.2, -0.15) is 4.98 Å². The van der Waals surface area contributed by atoms with Gasteiger partial charge < -0.3 is 15.1 Å². The van der Waals surface area contributed by atoms with Gasteiger partial charge in [0.1, 0.15) is 11.6 Å². The Balaban J connectivity index is 1.39. The molecule has 1 aliphatic rings. The average molecular weight is 374 g/mol. The van der Waals surface area contributed by atoms with Crippen LogP contribution >= 0.6 is 0 Å². The van der Waals surface area contributed by atoms with Crippen molar-refractivity contribution in [1.29, 1.82) is 0 Å². The van der Waals surface area contributed by atoms with Gasteiger partial charge in [0.05, 0.1) is 0 Å². The molecular formula is C22H26N6. The second-order valence-electron chi connectivity index (χ2n) is 7.49. The molecule has 0 aliphatic carbocycles. The lowest BCUT2D eigenvalue weighted by Crippen LogP contribution is -2.18. The first-order chi connectivity index (χ1) is 13.6. The van der Waals surface area contributed by atoms with Gasteiger partial charge in [0.2, 0.25) is 5.95 Å². The van der Waals surface area contributed by atoms with Gasteiger partial charge in [-0.3, -0.25) is 0 Å². The molecule has 1 unspecified atom stereocenters. The number of rotatable bonds is 6. The van der Waals surface area contributed by atoms with Gasteiger partial charge in [0, 0.05) is 46.1 Å². The summed E-state index contributed by atoms with van der Waals surface area (Å²) in [5, 5.41) is 3.38. The highest BCUT2D eigenvalue weighted by molar-refractivity contribution is 5.49. The molecule has 0 bridgehead atoms. The van der Waals surface area contributed by atoms with Crippen LogP contribution in [0.3, 0.4) is 0 Å². The lowest BCUT2D eigenvalue weighted by atomic mass is 10.0. The van der Waals surface area contributed by atoms with Gasteiger partial charge in [-0.1, -0.05) is 37.3 Å². The third-order valence-electron chi connectivity index (χ3n) is 5.17. The molecule has 0 spiro atoms. The quantitative estimate of drug-likeness (QED) is 0.710. The van der Waals surface area contributed by atoms with Crippen molar-refractivity contribution >= 4 is 17.6 Å². The zero-order valence-corrected chi connectivity index (χ0v) is 16.6. The van der Waals surface area contributed by atoms with Crippen molar-refractivity contribution in [2.45, 2.75) is 25.9 Å². The number of aromatic nitrogens is 3. The van der Waals surface area contributed by atoms with Crippen LogP contribution in [-0.4, -0.2) is 35.6 Å². The number of nitrogens with one attached hydrogen (secondary N) is 1. The maximum atomic E-state index is 4.72. The van der Waals surface area contributed by atoms with E-state index in [0.717, 1.165) is 31.3 Å². The minimum Gasteiger partial charge on any atom is -0.363 e. The summed E-state index contributed by atoms with van der Waals surface area (Å²) in [7, 11) is 3.99. The fourth-order valence-electron chi connectivity index (χ4n) is 3.42. The number of benzene rings is 1. The number of anilines is 3. The normalized spacial score (nSPS) is 13.9. The minimum absolute atomic E-state index is 0.312. The molecule has 0 radical (unpaired) electrons.